The minimum atomic E-state index is -0.00231. The van der Waals surface area contributed by atoms with Crippen LogP contribution in [0.25, 0.3) is 0 Å². The average Bonchev–Trinajstić information content (AvgIpc) is 1.68. The zero-order valence-electron chi connectivity index (χ0n) is 4.80. The van der Waals surface area contributed by atoms with Crippen molar-refractivity contribution in [1.29, 1.82) is 0 Å². The third-order valence-electron chi connectivity index (χ3n) is 0.744. The lowest BCUT2D eigenvalue weighted by molar-refractivity contribution is 0.707. The highest BCUT2D eigenvalue weighted by atomic mass is 14.8. The molecule has 0 radical (unpaired) electrons. The van der Waals surface area contributed by atoms with Crippen LogP contribution in [0.15, 0.2) is 4.99 Å². The molecule has 2 nitrogen and oxygen atoms in total. The Hall–Kier alpha value is -0.810. The fraction of sp³-hybridized carbons (Fsp3) is 0.500. The molecule has 0 aromatic rings. The van der Waals surface area contributed by atoms with Gasteiger partial charge >= 0.3 is 0 Å². The van der Waals surface area contributed by atoms with Gasteiger partial charge in [0.1, 0.15) is 0 Å². The monoisotopic (exact) mass is 110 g/mol. The first-order valence-corrected chi connectivity index (χ1v) is 2.42. The van der Waals surface area contributed by atoms with Gasteiger partial charge in [-0.2, -0.15) is 0 Å². The molecule has 0 aliphatic carbocycles. The number of nitrogens with two attached hydrogens (primary N) is 1. The van der Waals surface area contributed by atoms with Crippen molar-refractivity contribution in [2.45, 2.75) is 12.5 Å². The van der Waals surface area contributed by atoms with Gasteiger partial charge in [0.15, 0.2) is 0 Å². The van der Waals surface area contributed by atoms with E-state index in [2.05, 4.69) is 17.6 Å². The Morgan fingerprint density at radius 3 is 2.88 bits per heavy atom. The molecule has 0 spiro atoms. The number of terminal acetylenes is 1. The van der Waals surface area contributed by atoms with Crippen LogP contribution in [0.2, 0.25) is 0 Å². The Morgan fingerprint density at radius 2 is 2.50 bits per heavy atom. The number of hydrogen-bond acceptors (Lipinski definition) is 2. The van der Waals surface area contributed by atoms with Crippen LogP contribution in [0.3, 0.4) is 0 Å². The summed E-state index contributed by atoms with van der Waals surface area (Å²) < 4.78 is 0. The molecule has 0 rings (SSSR count). The van der Waals surface area contributed by atoms with Crippen molar-refractivity contribution < 1.29 is 0 Å². The van der Waals surface area contributed by atoms with Crippen molar-refractivity contribution in [2.24, 2.45) is 10.7 Å². The van der Waals surface area contributed by atoms with Crippen molar-refractivity contribution in [1.82, 2.24) is 0 Å². The predicted molar refractivity (Wildman–Crippen MR) is 35.8 cm³/mol. The summed E-state index contributed by atoms with van der Waals surface area (Å²) in [5.74, 6) is 2.44. The summed E-state index contributed by atoms with van der Waals surface area (Å²) in [6, 6.07) is -0.00231. The highest BCUT2D eigenvalue weighted by Crippen LogP contribution is 1.83. The van der Waals surface area contributed by atoms with Gasteiger partial charge in [0, 0.05) is 12.5 Å². The van der Waals surface area contributed by atoms with Gasteiger partial charge in [-0.25, -0.2) is 0 Å². The van der Waals surface area contributed by atoms with E-state index in [0.29, 0.717) is 13.0 Å². The van der Waals surface area contributed by atoms with Crippen LogP contribution < -0.4 is 5.73 Å². The van der Waals surface area contributed by atoms with Crippen molar-refractivity contribution in [3.63, 3.8) is 0 Å². The van der Waals surface area contributed by atoms with E-state index in [0.717, 1.165) is 0 Å². The van der Waals surface area contributed by atoms with Crippen LogP contribution >= 0.6 is 0 Å². The molecule has 0 saturated heterocycles. The smallest absolute Gasteiger partial charge is 0.0542 e. The van der Waals surface area contributed by atoms with Crippen molar-refractivity contribution in [2.75, 3.05) is 6.54 Å². The van der Waals surface area contributed by atoms with Gasteiger partial charge in [-0.3, -0.25) is 4.99 Å². The molecule has 8 heavy (non-hydrogen) atoms. The fourth-order valence-corrected chi connectivity index (χ4v) is 0.382. The van der Waals surface area contributed by atoms with Gasteiger partial charge < -0.3 is 5.73 Å². The molecule has 0 amide bonds. The second kappa shape index (κ2) is 4.35. The molecule has 0 heterocycles. The second-order valence-corrected chi connectivity index (χ2v) is 1.57. The normalized spacial score (nSPS) is 12.0. The standard InChI is InChI=1S/C6H10N2/c1-3-4-6(7)5-8-2/h1,6H,2,4-5,7H2. The topological polar surface area (TPSA) is 38.4 Å². The number of hydrogen-bond donors (Lipinski definition) is 1. The molecule has 0 saturated carbocycles. The predicted octanol–water partition coefficient (Wildman–Crippen LogP) is 0.0376. The maximum Gasteiger partial charge on any atom is 0.0542 e. The van der Waals surface area contributed by atoms with Crippen LogP contribution in [0.1, 0.15) is 6.42 Å². The maximum absolute atomic E-state index is 5.42. The molecule has 0 aliphatic heterocycles. The fourth-order valence-electron chi connectivity index (χ4n) is 0.382. The van der Waals surface area contributed by atoms with E-state index in [1.165, 1.54) is 0 Å². The lowest BCUT2D eigenvalue weighted by atomic mass is 10.2. The molecule has 2 heteroatoms. The Bertz CT molecular complexity index is 102. The van der Waals surface area contributed by atoms with E-state index in [1.54, 1.807) is 0 Å². The summed E-state index contributed by atoms with van der Waals surface area (Å²) in [6.45, 7) is 3.84. The highest BCUT2D eigenvalue weighted by Gasteiger charge is 1.94. The zero-order valence-corrected chi connectivity index (χ0v) is 4.80. The van der Waals surface area contributed by atoms with Crippen LogP contribution in [0, 0.1) is 12.3 Å². The summed E-state index contributed by atoms with van der Waals surface area (Å²) in [4.78, 5) is 3.58. The number of aliphatic imine (C=N–C) groups is 1. The van der Waals surface area contributed by atoms with E-state index in [1.807, 2.05) is 0 Å². The minimum Gasteiger partial charge on any atom is -0.325 e. The summed E-state index contributed by atoms with van der Waals surface area (Å²) >= 11 is 0. The lowest BCUT2D eigenvalue weighted by Gasteiger charge is -1.99. The molecule has 0 bridgehead atoms. The first kappa shape index (κ1) is 7.19. The Balaban J connectivity index is 3.20. The molecule has 0 fully saturated rings. The van der Waals surface area contributed by atoms with Gasteiger partial charge in [0.25, 0.3) is 0 Å². The van der Waals surface area contributed by atoms with E-state index < -0.39 is 0 Å². The average molecular weight is 110 g/mol. The quantitative estimate of drug-likeness (QED) is 0.404. The van der Waals surface area contributed by atoms with Crippen LogP contribution in [0.4, 0.5) is 0 Å². The molecular weight excluding hydrogens is 100 g/mol. The van der Waals surface area contributed by atoms with Crippen LogP contribution in [0.5, 0.6) is 0 Å². The number of nitrogens with zero attached hydrogens (tertiary/aromatic N) is 1. The first-order valence-electron chi connectivity index (χ1n) is 2.42. The summed E-state index contributed by atoms with van der Waals surface area (Å²) in [5.41, 5.74) is 5.42. The molecule has 0 aromatic heterocycles. The highest BCUT2D eigenvalue weighted by molar-refractivity contribution is 5.23. The van der Waals surface area contributed by atoms with Crippen LogP contribution in [-0.4, -0.2) is 19.3 Å². The molecular formula is C6H10N2. The Morgan fingerprint density at radius 1 is 1.88 bits per heavy atom. The maximum atomic E-state index is 5.42. The zero-order chi connectivity index (χ0) is 6.41. The molecule has 1 atom stereocenters. The van der Waals surface area contributed by atoms with Gasteiger partial charge in [-0.05, 0) is 6.72 Å². The van der Waals surface area contributed by atoms with E-state index >= 15 is 0 Å². The van der Waals surface area contributed by atoms with Gasteiger partial charge in [0.05, 0.1) is 6.54 Å². The van der Waals surface area contributed by atoms with Gasteiger partial charge in [-0.1, -0.05) is 0 Å². The van der Waals surface area contributed by atoms with Crippen LogP contribution in [-0.2, 0) is 0 Å². The summed E-state index contributed by atoms with van der Waals surface area (Å²) in [6.07, 6.45) is 5.55. The third-order valence-corrected chi connectivity index (χ3v) is 0.744. The molecule has 1 unspecified atom stereocenters. The first-order chi connectivity index (χ1) is 3.81. The lowest BCUT2D eigenvalue weighted by Crippen LogP contribution is -2.22. The number of rotatable bonds is 3. The Kier molecular flexibility index (Phi) is 3.91. The molecule has 44 valence electrons. The van der Waals surface area contributed by atoms with Crippen molar-refractivity contribution in [3.05, 3.63) is 0 Å². The van der Waals surface area contributed by atoms with E-state index in [-0.39, 0.29) is 6.04 Å². The Labute approximate surface area is 49.8 Å². The van der Waals surface area contributed by atoms with E-state index in [9.17, 15) is 0 Å². The summed E-state index contributed by atoms with van der Waals surface area (Å²) in [5, 5.41) is 0. The second-order valence-electron chi connectivity index (χ2n) is 1.57. The minimum absolute atomic E-state index is 0.00231. The van der Waals surface area contributed by atoms with Gasteiger partial charge in [-0.15, -0.1) is 12.3 Å². The molecule has 0 aliphatic rings. The van der Waals surface area contributed by atoms with Crippen molar-refractivity contribution >= 4 is 6.72 Å². The van der Waals surface area contributed by atoms with Gasteiger partial charge in [0.2, 0.25) is 0 Å². The third kappa shape index (κ3) is 3.38. The van der Waals surface area contributed by atoms with Crippen molar-refractivity contribution in [3.8, 4) is 12.3 Å². The largest absolute Gasteiger partial charge is 0.325 e. The SMILES string of the molecule is C#CCC(N)CN=C. The van der Waals surface area contributed by atoms with E-state index in [4.69, 9.17) is 12.2 Å². The molecule has 0 aromatic carbocycles. The summed E-state index contributed by atoms with van der Waals surface area (Å²) in [7, 11) is 0. The molecule has 2 N–H and O–H groups in total.